The lowest BCUT2D eigenvalue weighted by molar-refractivity contribution is -0.384. The maximum atomic E-state index is 12.5. The summed E-state index contributed by atoms with van der Waals surface area (Å²) in [6, 6.07) is 6.73. The first-order valence-corrected chi connectivity index (χ1v) is 8.41. The highest BCUT2D eigenvalue weighted by Crippen LogP contribution is 2.32. The number of carbonyl (C=O) groups is 1. The molecule has 0 aliphatic heterocycles. The lowest BCUT2D eigenvalue weighted by Crippen LogP contribution is -2.34. The minimum absolute atomic E-state index is 0.0742. The molecule has 0 aromatic heterocycles. The highest BCUT2D eigenvalue weighted by Gasteiger charge is 2.19. The Morgan fingerprint density at radius 3 is 2.48 bits per heavy atom. The average Bonchev–Trinajstić information content (AvgIpc) is 2.60. The van der Waals surface area contributed by atoms with Crippen LogP contribution in [0.5, 0.6) is 11.5 Å². The average molecular weight is 430 g/mol. The highest BCUT2D eigenvalue weighted by atomic mass is 35.5. The molecule has 0 unspecified atom stereocenters. The van der Waals surface area contributed by atoms with E-state index >= 15 is 0 Å². The number of nitrogens with zero attached hydrogens (tertiary/aromatic N) is 1. The van der Waals surface area contributed by atoms with E-state index in [0.717, 1.165) is 0 Å². The Hall–Kier alpha value is -2.62. The Morgan fingerprint density at radius 1 is 1.19 bits per heavy atom. The summed E-state index contributed by atoms with van der Waals surface area (Å²) in [7, 11) is 2.75. The predicted molar refractivity (Wildman–Crippen MR) is 106 cm³/mol. The van der Waals surface area contributed by atoms with Gasteiger partial charge in [-0.25, -0.2) is 0 Å². The minimum atomic E-state index is -0.627. The Bertz CT molecular complexity index is 923. The molecule has 2 aromatic carbocycles. The Balaban J connectivity index is 2.23. The Labute approximate surface area is 169 Å². The fraction of sp³-hybridized carbons (Fsp3) is 0.125. The third-order valence-corrected chi connectivity index (χ3v) is 4.03. The molecule has 142 valence electrons. The number of anilines is 1. The molecule has 2 aromatic rings. The van der Waals surface area contributed by atoms with E-state index < -0.39 is 10.8 Å². The van der Waals surface area contributed by atoms with Crippen molar-refractivity contribution in [2.24, 2.45) is 0 Å². The molecule has 2 N–H and O–H groups in total. The second-order valence-corrected chi connectivity index (χ2v) is 6.27. The van der Waals surface area contributed by atoms with Gasteiger partial charge in [-0.1, -0.05) is 23.2 Å². The van der Waals surface area contributed by atoms with Crippen molar-refractivity contribution in [2.45, 2.75) is 0 Å². The molecule has 0 fully saturated rings. The van der Waals surface area contributed by atoms with Crippen molar-refractivity contribution in [3.05, 3.63) is 56.1 Å². The maximum Gasteiger partial charge on any atom is 0.271 e. The molecule has 11 heteroatoms. The van der Waals surface area contributed by atoms with Crippen molar-refractivity contribution in [2.75, 3.05) is 19.5 Å². The van der Waals surface area contributed by atoms with Crippen LogP contribution in [0, 0.1) is 10.1 Å². The van der Waals surface area contributed by atoms with Crippen molar-refractivity contribution in [3.8, 4) is 11.5 Å². The molecule has 1 amide bonds. The predicted octanol–water partition coefficient (Wildman–Crippen LogP) is 4.05. The molecule has 0 spiro atoms. The van der Waals surface area contributed by atoms with Gasteiger partial charge in [0.15, 0.2) is 5.11 Å². The third-order valence-electron chi connectivity index (χ3n) is 3.33. The largest absolute Gasteiger partial charge is 0.495 e. The van der Waals surface area contributed by atoms with Gasteiger partial charge in [0.2, 0.25) is 0 Å². The molecule has 0 radical (unpaired) electrons. The number of nitro groups is 1. The summed E-state index contributed by atoms with van der Waals surface area (Å²) in [5.74, 6) is -0.187. The molecule has 8 nitrogen and oxygen atoms in total. The van der Waals surface area contributed by atoms with Gasteiger partial charge >= 0.3 is 0 Å². The van der Waals surface area contributed by atoms with Crippen LogP contribution in [0.3, 0.4) is 0 Å². The van der Waals surface area contributed by atoms with E-state index in [0.29, 0.717) is 5.75 Å². The summed E-state index contributed by atoms with van der Waals surface area (Å²) < 4.78 is 10.2. The zero-order valence-corrected chi connectivity index (χ0v) is 16.4. The van der Waals surface area contributed by atoms with Crippen LogP contribution in [0.25, 0.3) is 0 Å². The van der Waals surface area contributed by atoms with Gasteiger partial charge in [-0.05, 0) is 30.4 Å². The number of thiocarbonyl (C=S) groups is 1. The van der Waals surface area contributed by atoms with Crippen molar-refractivity contribution in [1.82, 2.24) is 5.32 Å². The van der Waals surface area contributed by atoms with E-state index in [9.17, 15) is 14.9 Å². The van der Waals surface area contributed by atoms with Gasteiger partial charge in [0, 0.05) is 17.2 Å². The number of carbonyl (C=O) groups excluding carboxylic acids is 1. The van der Waals surface area contributed by atoms with E-state index in [1.807, 2.05) is 0 Å². The molecular formula is C16H13Cl2N3O5S. The van der Waals surface area contributed by atoms with Crippen LogP contribution in [0.2, 0.25) is 10.0 Å². The van der Waals surface area contributed by atoms with Crippen LogP contribution in [-0.2, 0) is 0 Å². The van der Waals surface area contributed by atoms with Crippen LogP contribution >= 0.6 is 35.4 Å². The highest BCUT2D eigenvalue weighted by molar-refractivity contribution is 7.80. The fourth-order valence-electron chi connectivity index (χ4n) is 2.17. The van der Waals surface area contributed by atoms with E-state index in [1.54, 1.807) is 0 Å². The standard InChI is InChI=1S/C16H13Cl2N3O5S/c1-25-13-4-3-9(21(23)24)7-12(13)19-16(27)20-15(22)10-5-8(17)6-11(18)14(10)26-2/h3-7H,1-2H3,(H2,19,20,22,27). The van der Waals surface area contributed by atoms with Gasteiger partial charge in [0.1, 0.15) is 11.5 Å². The number of nitrogens with one attached hydrogen (secondary N) is 2. The first-order chi connectivity index (χ1) is 12.8. The molecule has 0 bridgehead atoms. The van der Waals surface area contributed by atoms with Gasteiger partial charge in [0.25, 0.3) is 11.6 Å². The van der Waals surface area contributed by atoms with Crippen molar-refractivity contribution >= 4 is 57.8 Å². The van der Waals surface area contributed by atoms with E-state index in [4.69, 9.17) is 44.9 Å². The first-order valence-electron chi connectivity index (χ1n) is 7.24. The van der Waals surface area contributed by atoms with Crippen LogP contribution in [0.1, 0.15) is 10.4 Å². The number of rotatable bonds is 5. The summed E-state index contributed by atoms with van der Waals surface area (Å²) in [4.78, 5) is 22.9. The quantitative estimate of drug-likeness (QED) is 0.419. The number of benzene rings is 2. The summed E-state index contributed by atoms with van der Waals surface area (Å²) in [5.41, 5.74) is 0.119. The molecule has 27 heavy (non-hydrogen) atoms. The molecule has 0 saturated heterocycles. The van der Waals surface area contributed by atoms with E-state index in [1.165, 1.54) is 44.6 Å². The van der Waals surface area contributed by atoms with Crippen molar-refractivity contribution in [1.29, 1.82) is 0 Å². The minimum Gasteiger partial charge on any atom is -0.495 e. The van der Waals surface area contributed by atoms with E-state index in [-0.39, 0.29) is 37.8 Å². The molecule has 0 saturated carbocycles. The lowest BCUT2D eigenvalue weighted by Gasteiger charge is -2.14. The topological polar surface area (TPSA) is 103 Å². The third kappa shape index (κ3) is 4.97. The van der Waals surface area contributed by atoms with Crippen LogP contribution < -0.4 is 20.1 Å². The number of non-ortho nitro benzene ring substituents is 1. The number of nitro benzene ring substituents is 1. The van der Waals surface area contributed by atoms with Gasteiger partial charge in [0.05, 0.1) is 35.4 Å². The van der Waals surface area contributed by atoms with Crippen molar-refractivity contribution in [3.63, 3.8) is 0 Å². The van der Waals surface area contributed by atoms with Gasteiger partial charge in [-0.15, -0.1) is 0 Å². The number of methoxy groups -OCH3 is 2. The number of hydrogen-bond donors (Lipinski definition) is 2. The molecule has 2 rings (SSSR count). The lowest BCUT2D eigenvalue weighted by atomic mass is 10.2. The van der Waals surface area contributed by atoms with E-state index in [2.05, 4.69) is 10.6 Å². The second-order valence-electron chi connectivity index (χ2n) is 5.02. The Morgan fingerprint density at radius 2 is 1.89 bits per heavy atom. The summed E-state index contributed by atoms with van der Waals surface area (Å²) >= 11 is 17.0. The molecule has 0 heterocycles. The molecule has 0 aliphatic rings. The smallest absolute Gasteiger partial charge is 0.271 e. The monoisotopic (exact) mass is 429 g/mol. The number of halogens is 2. The van der Waals surface area contributed by atoms with Crippen LogP contribution in [0.15, 0.2) is 30.3 Å². The number of amides is 1. The Kier molecular flexibility index (Phi) is 6.78. The van der Waals surface area contributed by atoms with Crippen molar-refractivity contribution < 1.29 is 19.2 Å². The fourth-order valence-corrected chi connectivity index (χ4v) is 2.94. The zero-order chi connectivity index (χ0) is 20.1. The van der Waals surface area contributed by atoms with Gasteiger partial charge in [-0.3, -0.25) is 20.2 Å². The second kappa shape index (κ2) is 8.85. The number of ether oxygens (including phenoxy) is 2. The normalized spacial score (nSPS) is 10.1. The zero-order valence-electron chi connectivity index (χ0n) is 14.0. The summed E-state index contributed by atoms with van der Waals surface area (Å²) in [6.45, 7) is 0. The molecular weight excluding hydrogens is 417 g/mol. The number of hydrogen-bond acceptors (Lipinski definition) is 6. The maximum absolute atomic E-state index is 12.5. The summed E-state index contributed by atoms with van der Waals surface area (Å²) in [5, 5.41) is 16.3. The molecule has 0 aliphatic carbocycles. The van der Waals surface area contributed by atoms with Crippen LogP contribution in [-0.4, -0.2) is 30.2 Å². The van der Waals surface area contributed by atoms with Gasteiger partial charge in [-0.2, -0.15) is 0 Å². The first kappa shape index (κ1) is 20.7. The van der Waals surface area contributed by atoms with Crippen LogP contribution in [0.4, 0.5) is 11.4 Å². The SMILES string of the molecule is COc1ccc([N+](=O)[O-])cc1NC(=S)NC(=O)c1cc(Cl)cc(Cl)c1OC. The molecule has 0 atom stereocenters. The van der Waals surface area contributed by atoms with Gasteiger partial charge < -0.3 is 14.8 Å². The summed E-state index contributed by atoms with van der Waals surface area (Å²) in [6.07, 6.45) is 0.